The first-order valence-corrected chi connectivity index (χ1v) is 5.11. The maximum absolute atomic E-state index is 11.4. The Balaban J connectivity index is 1.74. The van der Waals surface area contributed by atoms with E-state index < -0.39 is 0 Å². The van der Waals surface area contributed by atoms with E-state index in [1.807, 2.05) is 0 Å². The number of halogens is 1. The third-order valence-electron chi connectivity index (χ3n) is 2.43. The van der Waals surface area contributed by atoms with Crippen LogP contribution >= 0.6 is 15.9 Å². The van der Waals surface area contributed by atoms with Crippen molar-refractivity contribution in [1.29, 1.82) is 0 Å². The minimum atomic E-state index is -0.114. The van der Waals surface area contributed by atoms with Crippen molar-refractivity contribution in [3.63, 3.8) is 0 Å². The highest BCUT2D eigenvalue weighted by Crippen LogP contribution is 2.42. The fraction of sp³-hybridized carbons (Fsp3) is 0.667. The fourth-order valence-electron chi connectivity index (χ4n) is 1.71. The molecule has 0 aromatic carbocycles. The highest BCUT2D eigenvalue weighted by molar-refractivity contribution is 9.11. The van der Waals surface area contributed by atoms with Gasteiger partial charge in [-0.1, -0.05) is 22.5 Å². The zero-order chi connectivity index (χ0) is 9.42. The molecule has 2 fully saturated rings. The summed E-state index contributed by atoms with van der Waals surface area (Å²) < 4.78 is 10.9. The summed E-state index contributed by atoms with van der Waals surface area (Å²) in [5.74, 6) is -0.0630. The molecule has 1 saturated carbocycles. The lowest BCUT2D eigenvalue weighted by Gasteiger charge is -2.10. The van der Waals surface area contributed by atoms with E-state index in [1.54, 1.807) is 0 Å². The molecular weight excluding hydrogens is 236 g/mol. The molecule has 2 atom stereocenters. The molecule has 2 unspecified atom stereocenters. The van der Waals surface area contributed by atoms with Crippen molar-refractivity contribution in [2.75, 3.05) is 6.61 Å². The van der Waals surface area contributed by atoms with E-state index in [9.17, 15) is 4.79 Å². The van der Waals surface area contributed by atoms with E-state index in [-0.39, 0.29) is 18.5 Å². The van der Waals surface area contributed by atoms with E-state index >= 15 is 0 Å². The maximum atomic E-state index is 11.4. The zero-order valence-corrected chi connectivity index (χ0v) is 8.75. The fourth-order valence-corrected chi connectivity index (χ4v) is 1.83. The standard InChI is InChI=1S/C9H11BrO3/c1-5(10)4-12-9(11)6-2-7-8(3-6)13-7/h6-8H,1-4H2. The van der Waals surface area contributed by atoms with Crippen molar-refractivity contribution in [2.45, 2.75) is 25.0 Å². The van der Waals surface area contributed by atoms with E-state index in [0.717, 1.165) is 12.8 Å². The molecule has 4 heteroatoms. The molecule has 1 aliphatic carbocycles. The van der Waals surface area contributed by atoms with Crippen LogP contribution < -0.4 is 0 Å². The van der Waals surface area contributed by atoms with Crippen LogP contribution in [0.2, 0.25) is 0 Å². The molecule has 0 N–H and O–H groups in total. The number of hydrogen-bond acceptors (Lipinski definition) is 3. The molecule has 0 aromatic heterocycles. The number of ether oxygens (including phenoxy) is 2. The van der Waals surface area contributed by atoms with Crippen LogP contribution in [0.4, 0.5) is 0 Å². The number of hydrogen-bond donors (Lipinski definition) is 0. The Kier molecular flexibility index (Phi) is 2.43. The van der Waals surface area contributed by atoms with Crippen LogP contribution in [-0.4, -0.2) is 24.8 Å². The average Bonchev–Trinajstić information content (AvgIpc) is 2.69. The predicted molar refractivity (Wildman–Crippen MR) is 50.4 cm³/mol. The van der Waals surface area contributed by atoms with E-state index in [1.165, 1.54) is 0 Å². The van der Waals surface area contributed by atoms with Crippen LogP contribution in [0.1, 0.15) is 12.8 Å². The highest BCUT2D eigenvalue weighted by atomic mass is 79.9. The van der Waals surface area contributed by atoms with Crippen LogP contribution in [0.15, 0.2) is 11.1 Å². The van der Waals surface area contributed by atoms with Gasteiger partial charge in [0.25, 0.3) is 0 Å². The molecule has 13 heavy (non-hydrogen) atoms. The summed E-state index contributed by atoms with van der Waals surface area (Å²) >= 11 is 3.14. The number of epoxide rings is 1. The lowest BCUT2D eigenvalue weighted by atomic mass is 10.1. The minimum Gasteiger partial charge on any atom is -0.460 e. The molecule has 0 bridgehead atoms. The molecule has 3 nitrogen and oxygen atoms in total. The highest BCUT2D eigenvalue weighted by Gasteiger charge is 2.50. The lowest BCUT2D eigenvalue weighted by molar-refractivity contribution is -0.147. The first-order chi connectivity index (χ1) is 6.16. The number of esters is 1. The van der Waals surface area contributed by atoms with Gasteiger partial charge < -0.3 is 9.47 Å². The molecule has 1 heterocycles. The molecule has 0 aromatic rings. The molecule has 0 amide bonds. The van der Waals surface area contributed by atoms with E-state index in [4.69, 9.17) is 9.47 Å². The van der Waals surface area contributed by atoms with Crippen molar-refractivity contribution in [2.24, 2.45) is 5.92 Å². The van der Waals surface area contributed by atoms with Crippen molar-refractivity contribution in [3.05, 3.63) is 11.1 Å². The summed E-state index contributed by atoms with van der Waals surface area (Å²) in [6, 6.07) is 0. The van der Waals surface area contributed by atoms with Crippen LogP contribution in [0.3, 0.4) is 0 Å². The van der Waals surface area contributed by atoms with Crippen LogP contribution in [0.5, 0.6) is 0 Å². The Hall–Kier alpha value is -0.350. The van der Waals surface area contributed by atoms with Gasteiger partial charge >= 0.3 is 5.97 Å². The smallest absolute Gasteiger partial charge is 0.309 e. The number of carbonyl (C=O) groups excluding carboxylic acids is 1. The van der Waals surface area contributed by atoms with Gasteiger partial charge in [-0.15, -0.1) is 0 Å². The quantitative estimate of drug-likeness (QED) is 0.561. The van der Waals surface area contributed by atoms with Crippen molar-refractivity contribution < 1.29 is 14.3 Å². The molecule has 0 spiro atoms. The lowest BCUT2D eigenvalue weighted by Crippen LogP contribution is -2.17. The third kappa shape index (κ3) is 2.11. The molecule has 0 radical (unpaired) electrons. The van der Waals surface area contributed by atoms with Crippen LogP contribution in [0, 0.1) is 5.92 Å². The van der Waals surface area contributed by atoms with Gasteiger partial charge in [0.2, 0.25) is 0 Å². The molecule has 1 saturated heterocycles. The van der Waals surface area contributed by atoms with Gasteiger partial charge in [-0.05, 0) is 12.8 Å². The Morgan fingerprint density at radius 2 is 2.15 bits per heavy atom. The maximum Gasteiger partial charge on any atom is 0.309 e. The van der Waals surface area contributed by atoms with Crippen molar-refractivity contribution >= 4 is 21.9 Å². The molecule has 2 aliphatic rings. The summed E-state index contributed by atoms with van der Waals surface area (Å²) in [4.78, 5) is 11.4. The van der Waals surface area contributed by atoms with Gasteiger partial charge in [-0.25, -0.2) is 0 Å². The predicted octanol–water partition coefficient (Wildman–Crippen LogP) is 1.62. The second-order valence-corrected chi connectivity index (χ2v) is 4.63. The Morgan fingerprint density at radius 3 is 2.69 bits per heavy atom. The van der Waals surface area contributed by atoms with E-state index in [2.05, 4.69) is 22.5 Å². The second-order valence-electron chi connectivity index (χ2n) is 3.51. The number of fused-ring (bicyclic) bond motifs is 1. The number of carbonyl (C=O) groups is 1. The van der Waals surface area contributed by atoms with Gasteiger partial charge in [0.05, 0.1) is 18.1 Å². The van der Waals surface area contributed by atoms with Crippen LogP contribution in [-0.2, 0) is 14.3 Å². The van der Waals surface area contributed by atoms with Crippen LogP contribution in [0.25, 0.3) is 0 Å². The SMILES string of the molecule is C=C(Br)COC(=O)C1CC2OC2C1. The monoisotopic (exact) mass is 246 g/mol. The van der Waals surface area contributed by atoms with Gasteiger partial charge in [-0.2, -0.15) is 0 Å². The van der Waals surface area contributed by atoms with Crippen molar-refractivity contribution in [1.82, 2.24) is 0 Å². The third-order valence-corrected chi connectivity index (χ3v) is 2.65. The Bertz CT molecular complexity index is 241. The Morgan fingerprint density at radius 1 is 1.54 bits per heavy atom. The molecule has 1 aliphatic heterocycles. The van der Waals surface area contributed by atoms with Gasteiger partial charge in [0, 0.05) is 4.48 Å². The molecular formula is C9H11BrO3. The average molecular weight is 247 g/mol. The number of rotatable bonds is 3. The normalized spacial score (nSPS) is 35.3. The van der Waals surface area contributed by atoms with Gasteiger partial charge in [0.1, 0.15) is 6.61 Å². The summed E-state index contributed by atoms with van der Waals surface area (Å²) in [7, 11) is 0. The van der Waals surface area contributed by atoms with Gasteiger partial charge in [-0.3, -0.25) is 4.79 Å². The largest absolute Gasteiger partial charge is 0.460 e. The first-order valence-electron chi connectivity index (χ1n) is 4.32. The molecule has 72 valence electrons. The summed E-state index contributed by atoms with van der Waals surface area (Å²) in [6.07, 6.45) is 2.34. The Labute approximate surface area is 85.2 Å². The first kappa shape index (κ1) is 9.21. The minimum absolute atomic E-state index is 0.0515. The molecule has 2 rings (SSSR count). The topological polar surface area (TPSA) is 38.8 Å². The summed E-state index contributed by atoms with van der Waals surface area (Å²) in [6.45, 7) is 3.86. The summed E-state index contributed by atoms with van der Waals surface area (Å²) in [5, 5.41) is 0. The van der Waals surface area contributed by atoms with Gasteiger partial charge in [0.15, 0.2) is 0 Å². The second kappa shape index (κ2) is 3.42. The van der Waals surface area contributed by atoms with Crippen molar-refractivity contribution in [3.8, 4) is 0 Å². The van der Waals surface area contributed by atoms with E-state index in [0.29, 0.717) is 16.7 Å². The summed E-state index contributed by atoms with van der Waals surface area (Å²) in [5.41, 5.74) is 0. The zero-order valence-electron chi connectivity index (χ0n) is 7.16.